The average molecular weight is 345 g/mol. The fourth-order valence-electron chi connectivity index (χ4n) is 2.59. The summed E-state index contributed by atoms with van der Waals surface area (Å²) in [6.45, 7) is 3.96. The number of anilines is 3. The van der Waals surface area contributed by atoms with Crippen LogP contribution in [-0.4, -0.2) is 36.1 Å². The molecule has 2 aromatic carbocycles. The third-order valence-corrected chi connectivity index (χ3v) is 3.96. The standard InChI is InChI=1S/C18H23N3O4/c1-5-7-10(2)19-13-14(17(24)16(13)23)20-12-9-6-8-11(15(12)22)18(25)21(3)4/h6,8-10,19-20,22H,5,7H2,1-4H3/t10-/m1/s1. The molecule has 3 N–H and O–H groups in total. The van der Waals surface area contributed by atoms with Crippen molar-refractivity contribution in [3.8, 4) is 5.75 Å². The summed E-state index contributed by atoms with van der Waals surface area (Å²) in [5.74, 6) is -0.622. The van der Waals surface area contributed by atoms with Gasteiger partial charge in [-0.05, 0) is 25.5 Å². The lowest BCUT2D eigenvalue weighted by Crippen LogP contribution is -2.38. The van der Waals surface area contributed by atoms with Crippen molar-refractivity contribution in [1.82, 2.24) is 4.90 Å². The molecule has 0 aliphatic rings. The van der Waals surface area contributed by atoms with Gasteiger partial charge in [0.2, 0.25) is 0 Å². The van der Waals surface area contributed by atoms with Gasteiger partial charge in [0.05, 0.1) is 11.3 Å². The molecule has 0 aliphatic heterocycles. The molecule has 134 valence electrons. The Morgan fingerprint density at radius 1 is 1.20 bits per heavy atom. The van der Waals surface area contributed by atoms with E-state index in [1.54, 1.807) is 20.2 Å². The molecule has 0 heterocycles. The number of carbonyl (C=O) groups is 1. The van der Waals surface area contributed by atoms with Gasteiger partial charge in [0, 0.05) is 20.1 Å². The molecule has 25 heavy (non-hydrogen) atoms. The van der Waals surface area contributed by atoms with E-state index in [9.17, 15) is 19.5 Å². The lowest BCUT2D eigenvalue weighted by atomic mass is 10.1. The van der Waals surface area contributed by atoms with Crippen LogP contribution in [0.15, 0.2) is 27.8 Å². The van der Waals surface area contributed by atoms with Crippen molar-refractivity contribution < 1.29 is 9.90 Å². The SMILES string of the molecule is CCC[C@@H](C)Nc1c(Nc2cccc(C(=O)N(C)C)c2O)c(=O)c1=O. The van der Waals surface area contributed by atoms with E-state index < -0.39 is 10.9 Å². The van der Waals surface area contributed by atoms with Gasteiger partial charge in [0.1, 0.15) is 11.4 Å². The first kappa shape index (κ1) is 18.5. The smallest absolute Gasteiger partial charge is 0.257 e. The van der Waals surface area contributed by atoms with Crippen LogP contribution in [0.3, 0.4) is 0 Å². The summed E-state index contributed by atoms with van der Waals surface area (Å²) in [5.41, 5.74) is -0.582. The highest BCUT2D eigenvalue weighted by molar-refractivity contribution is 5.99. The van der Waals surface area contributed by atoms with Crippen LogP contribution in [0, 0.1) is 0 Å². The molecule has 0 aliphatic carbocycles. The number of hydrogen-bond donors (Lipinski definition) is 3. The van der Waals surface area contributed by atoms with Gasteiger partial charge in [-0.25, -0.2) is 0 Å². The number of phenols is 1. The quantitative estimate of drug-likeness (QED) is 0.525. The van der Waals surface area contributed by atoms with Gasteiger partial charge in [0.15, 0.2) is 5.75 Å². The Morgan fingerprint density at radius 3 is 2.44 bits per heavy atom. The first-order chi connectivity index (χ1) is 11.8. The van der Waals surface area contributed by atoms with Gasteiger partial charge in [-0.1, -0.05) is 19.4 Å². The molecule has 0 fully saturated rings. The van der Waals surface area contributed by atoms with E-state index in [1.807, 2.05) is 13.8 Å². The highest BCUT2D eigenvalue weighted by atomic mass is 16.3. The van der Waals surface area contributed by atoms with Crippen molar-refractivity contribution in [2.45, 2.75) is 32.7 Å². The van der Waals surface area contributed by atoms with Gasteiger partial charge >= 0.3 is 0 Å². The van der Waals surface area contributed by atoms with Crippen molar-refractivity contribution in [2.24, 2.45) is 0 Å². The zero-order valence-corrected chi connectivity index (χ0v) is 14.8. The normalized spacial score (nSPS) is 12.0. The average Bonchev–Trinajstić information content (AvgIpc) is 2.58. The lowest BCUT2D eigenvalue weighted by molar-refractivity contribution is 0.0824. The summed E-state index contributed by atoms with van der Waals surface area (Å²) in [6, 6.07) is 4.67. The van der Waals surface area contributed by atoms with Crippen LogP contribution in [-0.2, 0) is 0 Å². The Labute approximate surface area is 146 Å². The number of aromatic hydroxyl groups is 1. The molecule has 7 nitrogen and oxygen atoms in total. The molecule has 0 unspecified atom stereocenters. The third kappa shape index (κ3) is 3.65. The number of carbonyl (C=O) groups excluding carboxylic acids is 1. The minimum atomic E-state index is -0.644. The summed E-state index contributed by atoms with van der Waals surface area (Å²) < 4.78 is 0. The number of phenolic OH excluding ortho intramolecular Hbond substituents is 1. The largest absolute Gasteiger partial charge is 0.505 e. The second kappa shape index (κ2) is 7.38. The number of para-hydroxylation sites is 1. The first-order valence-corrected chi connectivity index (χ1v) is 8.18. The van der Waals surface area contributed by atoms with Gasteiger partial charge in [0.25, 0.3) is 16.8 Å². The fraction of sp³-hybridized carbons (Fsp3) is 0.389. The summed E-state index contributed by atoms with van der Waals surface area (Å²) in [5, 5.41) is 16.1. The van der Waals surface area contributed by atoms with Crippen molar-refractivity contribution in [1.29, 1.82) is 0 Å². The molecule has 0 bridgehead atoms. The summed E-state index contributed by atoms with van der Waals surface area (Å²) in [7, 11) is 3.16. The highest BCUT2D eigenvalue weighted by Crippen LogP contribution is 2.32. The zero-order chi connectivity index (χ0) is 18.7. The maximum absolute atomic E-state index is 12.1. The Balaban J connectivity index is 2.31. The van der Waals surface area contributed by atoms with E-state index in [4.69, 9.17) is 0 Å². The van der Waals surface area contributed by atoms with E-state index in [0.717, 1.165) is 12.8 Å². The minimum Gasteiger partial charge on any atom is -0.505 e. The van der Waals surface area contributed by atoms with E-state index in [2.05, 4.69) is 10.6 Å². The van der Waals surface area contributed by atoms with Gasteiger partial charge in [-0.3, -0.25) is 14.4 Å². The fourth-order valence-corrected chi connectivity index (χ4v) is 2.59. The zero-order valence-electron chi connectivity index (χ0n) is 14.8. The second-order valence-electron chi connectivity index (χ2n) is 6.27. The van der Waals surface area contributed by atoms with Crippen LogP contribution < -0.4 is 21.5 Å². The van der Waals surface area contributed by atoms with Crippen LogP contribution in [0.25, 0.3) is 0 Å². The monoisotopic (exact) mass is 345 g/mol. The number of nitrogens with zero attached hydrogens (tertiary/aromatic N) is 1. The molecule has 2 aromatic rings. The van der Waals surface area contributed by atoms with E-state index in [-0.39, 0.29) is 40.3 Å². The topological polar surface area (TPSA) is 98.7 Å². The molecule has 0 saturated carbocycles. The van der Waals surface area contributed by atoms with Crippen molar-refractivity contribution >= 4 is 23.0 Å². The van der Waals surface area contributed by atoms with Gasteiger partial charge < -0.3 is 20.6 Å². The molecule has 1 amide bonds. The Bertz CT molecular complexity index is 851. The van der Waals surface area contributed by atoms with Crippen LogP contribution in [0.5, 0.6) is 5.75 Å². The second-order valence-corrected chi connectivity index (χ2v) is 6.27. The van der Waals surface area contributed by atoms with Crippen molar-refractivity contribution in [3.05, 3.63) is 44.2 Å². The molecular weight excluding hydrogens is 322 g/mol. The minimum absolute atomic E-state index is 0.0455. The number of benzene rings is 1. The molecule has 0 radical (unpaired) electrons. The Morgan fingerprint density at radius 2 is 1.84 bits per heavy atom. The Hall–Kier alpha value is -2.83. The van der Waals surface area contributed by atoms with Gasteiger partial charge in [-0.2, -0.15) is 0 Å². The van der Waals surface area contributed by atoms with Crippen molar-refractivity contribution in [3.63, 3.8) is 0 Å². The van der Waals surface area contributed by atoms with Gasteiger partial charge in [-0.15, -0.1) is 0 Å². The van der Waals surface area contributed by atoms with E-state index >= 15 is 0 Å². The number of hydrogen-bond acceptors (Lipinski definition) is 6. The van der Waals surface area contributed by atoms with Crippen LogP contribution in [0.4, 0.5) is 17.1 Å². The predicted molar refractivity (Wildman–Crippen MR) is 98.8 cm³/mol. The number of nitrogens with one attached hydrogen (secondary N) is 2. The summed E-state index contributed by atoms with van der Waals surface area (Å²) in [6.07, 6.45) is 1.80. The van der Waals surface area contributed by atoms with Crippen molar-refractivity contribution in [2.75, 3.05) is 24.7 Å². The molecular formula is C18H23N3O4. The van der Waals surface area contributed by atoms with E-state index in [1.165, 1.54) is 17.0 Å². The maximum Gasteiger partial charge on any atom is 0.257 e. The molecule has 7 heteroatoms. The van der Waals surface area contributed by atoms with Crippen LogP contribution in [0.1, 0.15) is 37.0 Å². The summed E-state index contributed by atoms with van der Waals surface area (Å²) in [4.78, 5) is 37.1. The number of amides is 1. The lowest BCUT2D eigenvalue weighted by Gasteiger charge is -2.20. The highest BCUT2D eigenvalue weighted by Gasteiger charge is 2.24. The van der Waals surface area contributed by atoms with E-state index in [0.29, 0.717) is 0 Å². The molecule has 2 rings (SSSR count). The predicted octanol–water partition coefficient (Wildman–Crippen LogP) is 2.03. The molecule has 0 spiro atoms. The van der Waals surface area contributed by atoms with Crippen LogP contribution >= 0.6 is 0 Å². The molecule has 1 atom stereocenters. The molecule has 0 saturated heterocycles. The summed E-state index contributed by atoms with van der Waals surface area (Å²) >= 11 is 0. The third-order valence-electron chi connectivity index (χ3n) is 3.96. The maximum atomic E-state index is 12.1. The first-order valence-electron chi connectivity index (χ1n) is 8.18. The Kier molecular flexibility index (Phi) is 5.46. The molecule has 0 aromatic heterocycles. The van der Waals surface area contributed by atoms with Crippen LogP contribution in [0.2, 0.25) is 0 Å². The number of rotatable bonds is 7.